The van der Waals surface area contributed by atoms with Crippen molar-refractivity contribution in [2.24, 2.45) is 0 Å². The van der Waals surface area contributed by atoms with Gasteiger partial charge in [-0.3, -0.25) is 0 Å². The van der Waals surface area contributed by atoms with Crippen molar-refractivity contribution in [2.45, 2.75) is 13.0 Å². The van der Waals surface area contributed by atoms with Gasteiger partial charge in [0.1, 0.15) is 5.69 Å². The molecule has 0 bridgehead atoms. The van der Waals surface area contributed by atoms with Crippen LogP contribution in [0.15, 0.2) is 6.07 Å². The molecule has 2 aromatic rings. The number of benzene rings is 1. The van der Waals surface area contributed by atoms with E-state index in [1.807, 2.05) is 0 Å². The highest BCUT2D eigenvalue weighted by molar-refractivity contribution is 5.36. The SMILES string of the molecule is CNC(C)c1nnnn1-c1c(F)c(F)cc(F)c1F. The van der Waals surface area contributed by atoms with Crippen LogP contribution in [-0.4, -0.2) is 27.3 Å². The highest BCUT2D eigenvalue weighted by Crippen LogP contribution is 2.24. The van der Waals surface area contributed by atoms with Crippen molar-refractivity contribution in [2.75, 3.05) is 7.05 Å². The molecule has 0 fully saturated rings. The van der Waals surface area contributed by atoms with Gasteiger partial charge in [0.05, 0.1) is 6.04 Å². The summed E-state index contributed by atoms with van der Waals surface area (Å²) in [6, 6.07) is -0.347. The summed E-state index contributed by atoms with van der Waals surface area (Å²) < 4.78 is 54.2. The molecule has 1 N–H and O–H groups in total. The predicted octanol–water partition coefficient (Wildman–Crippen LogP) is 1.50. The van der Waals surface area contributed by atoms with Crippen LogP contribution in [0.5, 0.6) is 0 Å². The minimum absolute atomic E-state index is 0.0188. The first-order chi connectivity index (χ1) is 8.97. The maximum atomic E-state index is 13.6. The number of hydrogen-bond acceptors (Lipinski definition) is 4. The van der Waals surface area contributed by atoms with Crippen LogP contribution in [0.1, 0.15) is 18.8 Å². The van der Waals surface area contributed by atoms with Gasteiger partial charge in [-0.25, -0.2) is 17.6 Å². The number of halogens is 4. The lowest BCUT2D eigenvalue weighted by Gasteiger charge is -2.12. The highest BCUT2D eigenvalue weighted by atomic mass is 19.2. The van der Waals surface area contributed by atoms with E-state index in [0.29, 0.717) is 4.68 Å². The average molecular weight is 275 g/mol. The van der Waals surface area contributed by atoms with Gasteiger partial charge in [-0.1, -0.05) is 0 Å². The van der Waals surface area contributed by atoms with Crippen LogP contribution < -0.4 is 5.32 Å². The molecule has 1 atom stereocenters. The summed E-state index contributed by atoms with van der Waals surface area (Å²) in [4.78, 5) is 0. The first-order valence-electron chi connectivity index (χ1n) is 5.26. The quantitative estimate of drug-likeness (QED) is 0.681. The molecule has 0 radical (unpaired) electrons. The molecular formula is C10H9F4N5. The number of nitrogens with zero attached hydrogens (tertiary/aromatic N) is 4. The summed E-state index contributed by atoms with van der Waals surface area (Å²) in [7, 11) is 1.57. The second-order valence-corrected chi connectivity index (χ2v) is 3.78. The van der Waals surface area contributed by atoms with Crippen LogP contribution in [0.3, 0.4) is 0 Å². The topological polar surface area (TPSA) is 55.6 Å². The van der Waals surface area contributed by atoms with Crippen molar-refractivity contribution in [3.05, 3.63) is 35.2 Å². The number of hydrogen-bond donors (Lipinski definition) is 1. The van der Waals surface area contributed by atoms with Gasteiger partial charge in [0.2, 0.25) is 0 Å². The Morgan fingerprint density at radius 1 is 1.16 bits per heavy atom. The van der Waals surface area contributed by atoms with E-state index in [9.17, 15) is 17.6 Å². The predicted molar refractivity (Wildman–Crippen MR) is 56.5 cm³/mol. The number of rotatable bonds is 3. The van der Waals surface area contributed by atoms with Crippen LogP contribution in [0.2, 0.25) is 0 Å². The lowest BCUT2D eigenvalue weighted by molar-refractivity contribution is 0.439. The van der Waals surface area contributed by atoms with E-state index in [1.54, 1.807) is 14.0 Å². The second kappa shape index (κ2) is 4.92. The standard InChI is InChI=1S/C10H9F4N5/c1-4(15-2)10-16-17-18-19(10)9-7(13)5(11)3-6(12)8(9)14/h3-4,15H,1-2H3. The zero-order valence-electron chi connectivity index (χ0n) is 9.96. The van der Waals surface area contributed by atoms with Crippen molar-refractivity contribution in [1.82, 2.24) is 25.5 Å². The van der Waals surface area contributed by atoms with Crippen molar-refractivity contribution in [3.63, 3.8) is 0 Å². The Morgan fingerprint density at radius 2 is 1.74 bits per heavy atom. The van der Waals surface area contributed by atoms with Crippen LogP contribution in [0.4, 0.5) is 17.6 Å². The number of aromatic nitrogens is 4. The molecule has 0 aliphatic carbocycles. The third-order valence-corrected chi connectivity index (χ3v) is 2.61. The molecule has 0 saturated heterocycles. The fraction of sp³-hybridized carbons (Fsp3) is 0.300. The Morgan fingerprint density at radius 3 is 2.26 bits per heavy atom. The van der Waals surface area contributed by atoms with Crippen molar-refractivity contribution >= 4 is 0 Å². The van der Waals surface area contributed by atoms with Gasteiger partial charge in [0.25, 0.3) is 0 Å². The molecule has 1 aromatic carbocycles. The van der Waals surface area contributed by atoms with E-state index in [1.165, 1.54) is 0 Å². The molecule has 1 aromatic heterocycles. The molecule has 1 heterocycles. The monoisotopic (exact) mass is 275 g/mol. The summed E-state index contributed by atoms with van der Waals surface area (Å²) in [6.07, 6.45) is 0. The van der Waals surface area contributed by atoms with Gasteiger partial charge in [-0.2, -0.15) is 4.68 Å². The molecule has 0 aliphatic heterocycles. The molecule has 0 spiro atoms. The van der Waals surface area contributed by atoms with E-state index in [2.05, 4.69) is 20.8 Å². The van der Waals surface area contributed by atoms with Crippen LogP contribution in [-0.2, 0) is 0 Å². The van der Waals surface area contributed by atoms with Gasteiger partial charge in [0.15, 0.2) is 29.1 Å². The Hall–Kier alpha value is -2.03. The first-order valence-corrected chi connectivity index (χ1v) is 5.26. The largest absolute Gasteiger partial charge is 0.311 e. The average Bonchev–Trinajstić information content (AvgIpc) is 2.85. The van der Waals surface area contributed by atoms with Gasteiger partial charge in [-0.05, 0) is 24.4 Å². The Kier molecular flexibility index (Phi) is 3.47. The zero-order chi connectivity index (χ0) is 14.2. The van der Waals surface area contributed by atoms with Gasteiger partial charge in [0, 0.05) is 6.07 Å². The van der Waals surface area contributed by atoms with Crippen LogP contribution in [0.25, 0.3) is 5.69 Å². The lowest BCUT2D eigenvalue weighted by Crippen LogP contribution is -2.19. The van der Waals surface area contributed by atoms with Gasteiger partial charge in [-0.15, -0.1) is 5.10 Å². The zero-order valence-corrected chi connectivity index (χ0v) is 9.96. The van der Waals surface area contributed by atoms with Crippen LogP contribution in [0, 0.1) is 23.3 Å². The van der Waals surface area contributed by atoms with Crippen molar-refractivity contribution in [3.8, 4) is 5.69 Å². The Bertz CT molecular complexity index is 586. The molecular weight excluding hydrogens is 266 g/mol. The summed E-state index contributed by atoms with van der Waals surface area (Å²) in [5.74, 6) is -6.14. The second-order valence-electron chi connectivity index (χ2n) is 3.78. The first kappa shape index (κ1) is 13.4. The van der Waals surface area contributed by atoms with E-state index < -0.39 is 35.0 Å². The molecule has 5 nitrogen and oxygen atoms in total. The summed E-state index contributed by atoms with van der Waals surface area (Å²) in [6.45, 7) is 1.62. The molecule has 0 saturated carbocycles. The van der Waals surface area contributed by atoms with Gasteiger partial charge < -0.3 is 5.32 Å². The van der Waals surface area contributed by atoms with E-state index in [0.717, 1.165) is 0 Å². The number of nitrogens with one attached hydrogen (secondary N) is 1. The summed E-state index contributed by atoms with van der Waals surface area (Å²) in [5.41, 5.74) is -0.986. The lowest BCUT2D eigenvalue weighted by atomic mass is 10.2. The summed E-state index contributed by atoms with van der Waals surface area (Å²) in [5, 5.41) is 12.9. The molecule has 19 heavy (non-hydrogen) atoms. The van der Waals surface area contributed by atoms with E-state index in [4.69, 9.17) is 0 Å². The minimum atomic E-state index is -1.56. The van der Waals surface area contributed by atoms with E-state index in [-0.39, 0.29) is 11.9 Å². The maximum Gasteiger partial charge on any atom is 0.187 e. The normalized spacial score (nSPS) is 12.7. The summed E-state index contributed by atoms with van der Waals surface area (Å²) >= 11 is 0. The highest BCUT2D eigenvalue weighted by Gasteiger charge is 2.25. The smallest absolute Gasteiger partial charge is 0.187 e. The molecule has 0 amide bonds. The Balaban J connectivity index is 2.69. The third-order valence-electron chi connectivity index (χ3n) is 2.61. The molecule has 102 valence electrons. The third kappa shape index (κ3) is 2.16. The Labute approximate surface area is 105 Å². The fourth-order valence-corrected chi connectivity index (χ4v) is 1.50. The van der Waals surface area contributed by atoms with Crippen molar-refractivity contribution in [1.29, 1.82) is 0 Å². The minimum Gasteiger partial charge on any atom is -0.311 e. The molecule has 0 aliphatic rings. The molecule has 9 heteroatoms. The number of tetrazole rings is 1. The van der Waals surface area contributed by atoms with Crippen LogP contribution >= 0.6 is 0 Å². The maximum absolute atomic E-state index is 13.6. The van der Waals surface area contributed by atoms with Gasteiger partial charge >= 0.3 is 0 Å². The molecule has 1 unspecified atom stereocenters. The molecule has 2 rings (SSSR count). The fourth-order valence-electron chi connectivity index (χ4n) is 1.50. The van der Waals surface area contributed by atoms with E-state index >= 15 is 0 Å². The van der Waals surface area contributed by atoms with Crippen molar-refractivity contribution < 1.29 is 17.6 Å².